The Bertz CT molecular complexity index is 1380. The Morgan fingerprint density at radius 2 is 1.85 bits per heavy atom. The third-order valence-electron chi connectivity index (χ3n) is 7.24. The number of halogens is 2. The molecule has 1 aromatic heterocycles. The highest BCUT2D eigenvalue weighted by Crippen LogP contribution is 2.41. The summed E-state index contributed by atoms with van der Waals surface area (Å²) in [6, 6.07) is 13.0. The first-order valence-electron chi connectivity index (χ1n) is 13.0. The van der Waals surface area contributed by atoms with Crippen LogP contribution >= 0.6 is 11.8 Å². The SMILES string of the molecule is CC/C(C)=C1\CC(Sc2cc(C)cnc2C#N)C(OCc2cc(F)c(CCc3ccc(O)cc3)c(F)c2)C1N. The number of aromatic nitrogens is 1. The summed E-state index contributed by atoms with van der Waals surface area (Å²) in [5, 5.41) is 18.9. The van der Waals surface area contributed by atoms with E-state index in [4.69, 9.17) is 10.5 Å². The molecular formula is C31H33F2N3O2S. The molecule has 0 aliphatic heterocycles. The zero-order valence-electron chi connectivity index (χ0n) is 22.4. The number of ether oxygens (including phenoxy) is 1. The fourth-order valence-corrected chi connectivity index (χ4v) is 6.32. The van der Waals surface area contributed by atoms with Gasteiger partial charge in [-0.25, -0.2) is 13.8 Å². The summed E-state index contributed by atoms with van der Waals surface area (Å²) in [7, 11) is 0. The number of pyridine rings is 1. The van der Waals surface area contributed by atoms with E-state index in [0.717, 1.165) is 28.0 Å². The van der Waals surface area contributed by atoms with Gasteiger partial charge in [0.2, 0.25) is 0 Å². The molecule has 3 atom stereocenters. The van der Waals surface area contributed by atoms with Crippen LogP contribution in [-0.2, 0) is 24.2 Å². The monoisotopic (exact) mass is 549 g/mol. The lowest BCUT2D eigenvalue weighted by Gasteiger charge is -2.23. The first-order chi connectivity index (χ1) is 18.7. The Morgan fingerprint density at radius 3 is 2.49 bits per heavy atom. The topological polar surface area (TPSA) is 92.2 Å². The number of hydrogen-bond acceptors (Lipinski definition) is 6. The predicted molar refractivity (Wildman–Crippen MR) is 149 cm³/mol. The number of aromatic hydroxyl groups is 1. The van der Waals surface area contributed by atoms with E-state index in [0.29, 0.717) is 24.1 Å². The zero-order chi connectivity index (χ0) is 28.1. The first-order valence-corrected chi connectivity index (χ1v) is 13.9. The molecule has 8 heteroatoms. The largest absolute Gasteiger partial charge is 0.508 e. The lowest BCUT2D eigenvalue weighted by molar-refractivity contribution is 0.0414. The highest BCUT2D eigenvalue weighted by molar-refractivity contribution is 8.00. The number of phenols is 1. The van der Waals surface area contributed by atoms with Crippen molar-refractivity contribution in [3.8, 4) is 11.8 Å². The molecule has 1 aliphatic carbocycles. The van der Waals surface area contributed by atoms with Crippen molar-refractivity contribution in [1.29, 1.82) is 5.26 Å². The summed E-state index contributed by atoms with van der Waals surface area (Å²) in [5.74, 6) is -1.07. The molecule has 1 aliphatic rings. The van der Waals surface area contributed by atoms with Gasteiger partial charge in [-0.2, -0.15) is 5.26 Å². The second-order valence-corrected chi connectivity index (χ2v) is 11.3. The molecule has 3 N–H and O–H groups in total. The standard InChI is InChI=1S/C31H33F2N3O2S/c1-4-19(3)24-14-29(39-28-11-18(2)16-36-27(28)15-34)31(30(24)35)38-17-21-12-25(32)23(26(33)13-21)10-7-20-5-8-22(37)9-6-20/h5-6,8-9,11-13,16,29-31,37H,4,7,10,14,17,35H2,1-3H3/b24-19+. The van der Waals surface area contributed by atoms with Gasteiger partial charge in [0, 0.05) is 21.9 Å². The van der Waals surface area contributed by atoms with Gasteiger partial charge in [-0.3, -0.25) is 0 Å². The minimum absolute atomic E-state index is 0.0110. The van der Waals surface area contributed by atoms with Crippen LogP contribution in [0.3, 0.4) is 0 Å². The molecule has 3 unspecified atom stereocenters. The van der Waals surface area contributed by atoms with Gasteiger partial charge in [-0.1, -0.05) is 30.2 Å². The van der Waals surface area contributed by atoms with Gasteiger partial charge < -0.3 is 15.6 Å². The molecule has 0 radical (unpaired) electrons. The first kappa shape index (κ1) is 28.8. The zero-order valence-corrected chi connectivity index (χ0v) is 23.2. The lowest BCUT2D eigenvalue weighted by Crippen LogP contribution is -2.37. The van der Waals surface area contributed by atoms with Gasteiger partial charge in [-0.15, -0.1) is 11.8 Å². The van der Waals surface area contributed by atoms with Crippen LogP contribution in [0.15, 0.2) is 64.7 Å². The van der Waals surface area contributed by atoms with Crippen molar-refractivity contribution in [2.75, 3.05) is 0 Å². The fraction of sp³-hybridized carbons (Fsp3) is 0.355. The minimum Gasteiger partial charge on any atom is -0.508 e. The minimum atomic E-state index is -0.610. The highest BCUT2D eigenvalue weighted by atomic mass is 32.2. The van der Waals surface area contributed by atoms with E-state index >= 15 is 0 Å². The number of rotatable bonds is 9. The van der Waals surface area contributed by atoms with E-state index < -0.39 is 17.7 Å². The van der Waals surface area contributed by atoms with Gasteiger partial charge in [-0.05, 0) is 86.6 Å². The van der Waals surface area contributed by atoms with Gasteiger partial charge in [0.25, 0.3) is 0 Å². The number of thioether (sulfide) groups is 1. The van der Waals surface area contributed by atoms with Crippen LogP contribution in [0.5, 0.6) is 5.75 Å². The van der Waals surface area contributed by atoms with Crippen LogP contribution in [0.4, 0.5) is 8.78 Å². The summed E-state index contributed by atoms with van der Waals surface area (Å²) >= 11 is 1.52. The number of allylic oxidation sites excluding steroid dienone is 1. The van der Waals surface area contributed by atoms with Crippen molar-refractivity contribution in [2.45, 2.75) is 75.4 Å². The summed E-state index contributed by atoms with van der Waals surface area (Å²) in [6.45, 7) is 6.09. The van der Waals surface area contributed by atoms with Gasteiger partial charge in [0.05, 0.1) is 18.8 Å². The van der Waals surface area contributed by atoms with Crippen LogP contribution in [0.2, 0.25) is 0 Å². The smallest absolute Gasteiger partial charge is 0.154 e. The molecule has 39 heavy (non-hydrogen) atoms. The molecule has 5 nitrogen and oxygen atoms in total. The molecule has 4 rings (SSSR count). The molecule has 3 aromatic rings. The van der Waals surface area contributed by atoms with Crippen LogP contribution < -0.4 is 5.73 Å². The van der Waals surface area contributed by atoms with Crippen molar-refractivity contribution in [3.63, 3.8) is 0 Å². The van der Waals surface area contributed by atoms with E-state index in [-0.39, 0.29) is 35.6 Å². The van der Waals surface area contributed by atoms with Crippen molar-refractivity contribution >= 4 is 11.8 Å². The molecular weight excluding hydrogens is 516 g/mol. The lowest BCUT2D eigenvalue weighted by atomic mass is 10.0. The molecule has 1 heterocycles. The van der Waals surface area contributed by atoms with Gasteiger partial charge in [0.15, 0.2) is 5.69 Å². The highest BCUT2D eigenvalue weighted by Gasteiger charge is 2.40. The molecule has 2 aromatic carbocycles. The average molecular weight is 550 g/mol. The fourth-order valence-electron chi connectivity index (χ4n) is 4.89. The number of benzene rings is 2. The third-order valence-corrected chi connectivity index (χ3v) is 8.54. The van der Waals surface area contributed by atoms with E-state index in [1.54, 1.807) is 30.5 Å². The summed E-state index contributed by atoms with van der Waals surface area (Å²) < 4.78 is 36.2. The molecule has 0 amide bonds. The average Bonchev–Trinajstić information content (AvgIpc) is 3.22. The van der Waals surface area contributed by atoms with Crippen LogP contribution in [0.25, 0.3) is 0 Å². The quantitative estimate of drug-likeness (QED) is 0.295. The summed E-state index contributed by atoms with van der Waals surface area (Å²) in [4.78, 5) is 5.02. The normalized spacial score (nSPS) is 20.2. The molecule has 0 bridgehead atoms. The number of nitrogens with zero attached hydrogens (tertiary/aromatic N) is 2. The molecule has 0 spiro atoms. The van der Waals surface area contributed by atoms with Crippen molar-refractivity contribution in [1.82, 2.24) is 4.98 Å². The maximum absolute atomic E-state index is 14.9. The number of hydrogen-bond donors (Lipinski definition) is 2. The maximum Gasteiger partial charge on any atom is 0.154 e. The Balaban J connectivity index is 1.50. The Kier molecular flexibility index (Phi) is 9.39. The molecule has 1 saturated carbocycles. The number of nitriles is 1. The van der Waals surface area contributed by atoms with E-state index in [2.05, 4.69) is 24.9 Å². The molecule has 0 saturated heterocycles. The van der Waals surface area contributed by atoms with Gasteiger partial charge in [0.1, 0.15) is 23.5 Å². The third kappa shape index (κ3) is 6.85. The number of phenolic OH excluding ortho intramolecular Hbond substituents is 1. The summed E-state index contributed by atoms with van der Waals surface area (Å²) in [5.41, 5.74) is 11.6. The number of aryl methyl sites for hydroxylation is 2. The Morgan fingerprint density at radius 1 is 1.15 bits per heavy atom. The van der Waals surface area contributed by atoms with Crippen molar-refractivity contribution in [3.05, 3.63) is 99.4 Å². The van der Waals surface area contributed by atoms with Crippen LogP contribution in [0, 0.1) is 29.9 Å². The second-order valence-electron chi connectivity index (χ2n) is 10.00. The Labute approximate surface area is 232 Å². The van der Waals surface area contributed by atoms with Gasteiger partial charge >= 0.3 is 0 Å². The second kappa shape index (κ2) is 12.7. The van der Waals surface area contributed by atoms with Crippen molar-refractivity contribution < 1.29 is 18.6 Å². The maximum atomic E-state index is 14.9. The number of nitrogens with two attached hydrogens (primary N) is 1. The van der Waals surface area contributed by atoms with E-state index in [9.17, 15) is 19.1 Å². The van der Waals surface area contributed by atoms with Crippen LogP contribution in [-0.4, -0.2) is 27.5 Å². The van der Waals surface area contributed by atoms with Crippen LogP contribution in [0.1, 0.15) is 54.6 Å². The van der Waals surface area contributed by atoms with Crippen molar-refractivity contribution in [2.24, 2.45) is 5.73 Å². The molecule has 1 fully saturated rings. The Hall–Kier alpha value is -3.25. The predicted octanol–water partition coefficient (Wildman–Crippen LogP) is 6.53. The van der Waals surface area contributed by atoms with E-state index in [1.165, 1.54) is 29.5 Å². The summed E-state index contributed by atoms with van der Waals surface area (Å²) in [6.07, 6.45) is 3.48. The molecule has 204 valence electrons. The van der Waals surface area contributed by atoms with E-state index in [1.807, 2.05) is 13.0 Å².